The lowest BCUT2D eigenvalue weighted by Crippen LogP contribution is -2.30. The average Bonchev–Trinajstić information content (AvgIpc) is 3.81. The molecule has 264 valence electrons. The molecule has 4 aromatic heterocycles. The summed E-state index contributed by atoms with van der Waals surface area (Å²) in [6.45, 7) is -3.92. The van der Waals surface area contributed by atoms with Gasteiger partial charge in [0.2, 0.25) is 11.9 Å². The van der Waals surface area contributed by atoms with Crippen LogP contribution in [0, 0.1) is 11.8 Å². The normalized spacial score (nSPS) is 32.5. The molecule has 2 bridgehead atoms. The predicted octanol–water partition coefficient (Wildman–Crippen LogP) is 1.15. The van der Waals surface area contributed by atoms with Crippen LogP contribution in [0.15, 0.2) is 23.8 Å². The van der Waals surface area contributed by atoms with Crippen LogP contribution in [0.1, 0.15) is 32.9 Å². The summed E-state index contributed by atoms with van der Waals surface area (Å²) in [6.07, 6.45) is 1.74. The number of nitrogen functional groups attached to an aromatic ring is 1. The number of imidazole rings is 2. The number of ether oxygens (including phenoxy) is 2. The number of fused-ring (bicyclic) bond motifs is 5. The van der Waals surface area contributed by atoms with Gasteiger partial charge in [-0.15, -0.1) is 0 Å². The highest BCUT2D eigenvalue weighted by Crippen LogP contribution is 2.53. The van der Waals surface area contributed by atoms with Crippen molar-refractivity contribution in [3.05, 3.63) is 29.3 Å². The van der Waals surface area contributed by atoms with E-state index in [1.54, 1.807) is 29.3 Å². The van der Waals surface area contributed by atoms with Crippen molar-refractivity contribution in [3.8, 4) is 0 Å². The fourth-order valence-electron chi connectivity index (χ4n) is 6.11. The Morgan fingerprint density at radius 1 is 1.08 bits per heavy atom. The maximum Gasteiger partial charge on any atom is 0.324 e. The zero-order valence-corrected chi connectivity index (χ0v) is 29.6. The summed E-state index contributed by atoms with van der Waals surface area (Å²) >= 11 is 11.0. The molecule has 0 aromatic carbocycles. The number of amides is 1. The molecule has 3 aliphatic rings. The fourth-order valence-corrected chi connectivity index (χ4v) is 9.82. The third-order valence-electron chi connectivity index (χ3n) is 8.55. The van der Waals surface area contributed by atoms with Crippen LogP contribution in [0.3, 0.4) is 0 Å². The third-order valence-corrected chi connectivity index (χ3v) is 12.4. The van der Waals surface area contributed by atoms with E-state index in [1.807, 2.05) is 0 Å². The van der Waals surface area contributed by atoms with Gasteiger partial charge in [-0.05, 0) is 30.0 Å². The van der Waals surface area contributed by atoms with Crippen molar-refractivity contribution in [2.75, 3.05) is 30.4 Å². The van der Waals surface area contributed by atoms with Crippen LogP contribution < -0.4 is 16.6 Å². The van der Waals surface area contributed by atoms with Gasteiger partial charge in [-0.2, -0.15) is 4.98 Å². The molecule has 6 unspecified atom stereocenters. The number of nitrogens with two attached hydrogens (primary N) is 1. The topological polar surface area (TPSA) is 249 Å². The minimum Gasteiger partial charge on any atom is -0.382 e. The SMILES string of the molecule is CC(C)C(=O)Nc1nc2c(ncn2CC2O[C@@H]3COP(O)(=S)CC4CC(n5cnc6c(N)ncnc65)O[C@@H]4COP(O)(=S)OC2C3)c(=O)[nH]1. The Hall–Kier alpha value is -2.81. The zero-order chi connectivity index (χ0) is 34.7. The van der Waals surface area contributed by atoms with Crippen molar-refractivity contribution in [1.29, 1.82) is 0 Å². The van der Waals surface area contributed by atoms with Crippen molar-refractivity contribution in [3.63, 3.8) is 0 Å². The molecule has 0 radical (unpaired) electrons. The molecule has 23 heteroatoms. The van der Waals surface area contributed by atoms with Gasteiger partial charge in [0.05, 0.1) is 50.7 Å². The third kappa shape index (κ3) is 7.34. The average molecular weight is 757 g/mol. The first-order valence-corrected chi connectivity index (χ1v) is 20.8. The smallest absolute Gasteiger partial charge is 0.324 e. The Labute approximate surface area is 288 Å². The lowest BCUT2D eigenvalue weighted by molar-refractivity contribution is -0.118. The van der Waals surface area contributed by atoms with E-state index in [2.05, 4.69) is 35.2 Å². The molecule has 6 N–H and O–H groups in total. The van der Waals surface area contributed by atoms with Crippen molar-refractivity contribution in [1.82, 2.24) is 39.0 Å². The van der Waals surface area contributed by atoms with Crippen LogP contribution in [0.5, 0.6) is 0 Å². The fraction of sp³-hybridized carbons (Fsp3) is 0.577. The zero-order valence-electron chi connectivity index (χ0n) is 26.2. The van der Waals surface area contributed by atoms with Gasteiger partial charge in [0.15, 0.2) is 29.1 Å². The number of H-pyrrole nitrogens is 1. The number of rotatable bonds is 5. The van der Waals surface area contributed by atoms with Crippen molar-refractivity contribution >= 4 is 76.8 Å². The lowest BCUT2D eigenvalue weighted by atomic mass is 10.0. The van der Waals surface area contributed by atoms with Gasteiger partial charge >= 0.3 is 6.72 Å². The first kappa shape index (κ1) is 34.6. The van der Waals surface area contributed by atoms with Crippen LogP contribution in [0.25, 0.3) is 22.3 Å². The minimum absolute atomic E-state index is 0.0277. The number of nitrogens with zero attached hydrogens (tertiary/aromatic N) is 7. The van der Waals surface area contributed by atoms with Gasteiger partial charge in [-0.3, -0.25) is 24.5 Å². The van der Waals surface area contributed by atoms with Crippen LogP contribution in [-0.4, -0.2) is 98.5 Å². The molecule has 1 amide bonds. The van der Waals surface area contributed by atoms with E-state index in [0.717, 1.165) is 0 Å². The second kappa shape index (κ2) is 13.4. The quantitative estimate of drug-likeness (QED) is 0.179. The Bertz CT molecular complexity index is 2060. The highest BCUT2D eigenvalue weighted by Gasteiger charge is 2.44. The maximum atomic E-state index is 12.7. The van der Waals surface area contributed by atoms with E-state index < -0.39 is 49.4 Å². The van der Waals surface area contributed by atoms with Crippen LogP contribution >= 0.6 is 13.2 Å². The number of nitrogens with one attached hydrogen (secondary N) is 2. The summed E-state index contributed by atoms with van der Waals surface area (Å²) in [6, 6.07) is 0. The molecule has 0 spiro atoms. The number of aromatic amines is 1. The van der Waals surface area contributed by atoms with Crippen molar-refractivity contribution < 1.29 is 37.6 Å². The van der Waals surface area contributed by atoms with E-state index in [-0.39, 0.29) is 73.0 Å². The lowest BCUT2D eigenvalue weighted by Gasteiger charge is -2.27. The van der Waals surface area contributed by atoms with E-state index in [0.29, 0.717) is 17.6 Å². The Morgan fingerprint density at radius 3 is 2.67 bits per heavy atom. The molecule has 4 aromatic rings. The highest BCUT2D eigenvalue weighted by molar-refractivity contribution is 8.09. The van der Waals surface area contributed by atoms with Crippen molar-refractivity contribution in [2.45, 2.75) is 63.9 Å². The van der Waals surface area contributed by atoms with Crippen LogP contribution in [0.4, 0.5) is 11.8 Å². The summed E-state index contributed by atoms with van der Waals surface area (Å²) in [5, 5.41) is 2.59. The van der Waals surface area contributed by atoms with Gasteiger partial charge in [0, 0.05) is 24.4 Å². The summed E-state index contributed by atoms with van der Waals surface area (Å²) in [5.41, 5.74) is 6.58. The predicted molar refractivity (Wildman–Crippen MR) is 181 cm³/mol. The Balaban J connectivity index is 1.11. The standard InChI is InChI=1S/C26H34N10O9P2S2/c1-12(2)24(37)33-26-32-23-20(25(38)34-26)30-10-35(23)5-16-15-4-14(43-16)6-41-46(39,48)8-13-3-18(44-17(13)7-42-47(40,49)45-15)36-11-31-19-21(27)28-9-29-22(19)36/h9-18H,3-8H2,1-2H3,(H,39,48)(H,40,49)(H2,27,28,29)(H2,32,33,34,37,38)/t13?,14-,15?,16?,17+,18?,46?,47?/m0/s1. The van der Waals surface area contributed by atoms with E-state index >= 15 is 0 Å². The maximum absolute atomic E-state index is 12.7. The second-order valence-electron chi connectivity index (χ2n) is 12.4. The van der Waals surface area contributed by atoms with E-state index in [9.17, 15) is 19.4 Å². The summed E-state index contributed by atoms with van der Waals surface area (Å²) in [5.74, 6) is -0.798. The molecule has 7 heterocycles. The van der Waals surface area contributed by atoms with Gasteiger partial charge in [-0.25, -0.2) is 19.9 Å². The highest BCUT2D eigenvalue weighted by atomic mass is 32.5. The molecule has 7 rings (SSSR count). The van der Waals surface area contributed by atoms with Gasteiger partial charge in [0.25, 0.3) is 5.56 Å². The molecule has 3 aliphatic heterocycles. The number of aromatic nitrogens is 8. The van der Waals surface area contributed by atoms with E-state index in [1.165, 1.54) is 12.7 Å². The monoisotopic (exact) mass is 756 g/mol. The van der Waals surface area contributed by atoms with Gasteiger partial charge in [0.1, 0.15) is 24.2 Å². The molecule has 3 saturated heterocycles. The summed E-state index contributed by atoms with van der Waals surface area (Å²) < 4.78 is 33.7. The molecule has 49 heavy (non-hydrogen) atoms. The number of anilines is 2. The molecular weight excluding hydrogens is 722 g/mol. The molecule has 0 saturated carbocycles. The number of hydrogen-bond acceptors (Lipinski definition) is 15. The minimum atomic E-state index is -3.87. The largest absolute Gasteiger partial charge is 0.382 e. The number of hydrogen-bond donors (Lipinski definition) is 5. The number of carbonyl (C=O) groups excluding carboxylic acids is 1. The first-order valence-electron chi connectivity index (χ1n) is 15.4. The Morgan fingerprint density at radius 2 is 1.88 bits per heavy atom. The first-order chi connectivity index (χ1) is 23.2. The van der Waals surface area contributed by atoms with Crippen LogP contribution in [-0.2, 0) is 58.0 Å². The molecule has 8 atom stereocenters. The van der Waals surface area contributed by atoms with Gasteiger partial charge < -0.3 is 43.1 Å². The molecular formula is C26H34N10O9P2S2. The van der Waals surface area contributed by atoms with Crippen molar-refractivity contribution in [2.24, 2.45) is 11.8 Å². The van der Waals surface area contributed by atoms with Crippen LogP contribution in [0.2, 0.25) is 0 Å². The summed E-state index contributed by atoms with van der Waals surface area (Å²) in [7, 11) is 0. The molecule has 3 fully saturated rings. The molecule has 0 aliphatic carbocycles. The Kier molecular flexibility index (Phi) is 9.46. The van der Waals surface area contributed by atoms with E-state index in [4.69, 9.17) is 52.4 Å². The second-order valence-corrected chi connectivity index (χ2v) is 18.8. The molecule has 19 nitrogen and oxygen atoms in total. The summed E-state index contributed by atoms with van der Waals surface area (Å²) in [4.78, 5) is 71.2. The number of carbonyl (C=O) groups is 1. The van der Waals surface area contributed by atoms with Gasteiger partial charge in [-0.1, -0.05) is 13.8 Å².